The lowest BCUT2D eigenvalue weighted by molar-refractivity contribution is -0.131. The molecule has 1 aliphatic rings. The summed E-state index contributed by atoms with van der Waals surface area (Å²) >= 11 is 1.57. The summed E-state index contributed by atoms with van der Waals surface area (Å²) in [7, 11) is 2.09. The van der Waals surface area contributed by atoms with Crippen LogP contribution >= 0.6 is 11.3 Å². The van der Waals surface area contributed by atoms with Gasteiger partial charge in [-0.15, -0.1) is 11.3 Å². The van der Waals surface area contributed by atoms with Gasteiger partial charge in [-0.2, -0.15) is 0 Å². The van der Waals surface area contributed by atoms with Gasteiger partial charge >= 0.3 is 0 Å². The largest absolute Gasteiger partial charge is 0.340 e. The molecule has 1 amide bonds. The molecule has 22 heavy (non-hydrogen) atoms. The average Bonchev–Trinajstić information content (AvgIpc) is 2.90. The molecule has 116 valence electrons. The van der Waals surface area contributed by atoms with E-state index < -0.39 is 0 Å². The quantitative estimate of drug-likeness (QED) is 0.867. The van der Waals surface area contributed by atoms with Gasteiger partial charge in [0.2, 0.25) is 5.91 Å². The number of carbonyl (C=O) groups excluding carboxylic acids is 1. The molecule has 1 aliphatic heterocycles. The Balaban J connectivity index is 1.70. The maximum Gasteiger partial charge on any atom is 0.227 e. The molecule has 5 nitrogen and oxygen atoms in total. The van der Waals surface area contributed by atoms with E-state index in [1.807, 2.05) is 30.0 Å². The van der Waals surface area contributed by atoms with Crippen LogP contribution in [-0.2, 0) is 11.2 Å². The Morgan fingerprint density at radius 1 is 1.27 bits per heavy atom. The number of aromatic nitrogens is 2. The molecule has 0 aliphatic carbocycles. The molecule has 0 atom stereocenters. The Morgan fingerprint density at radius 3 is 2.73 bits per heavy atom. The maximum atomic E-state index is 12.4. The van der Waals surface area contributed by atoms with Gasteiger partial charge in [-0.05, 0) is 26.1 Å². The lowest BCUT2D eigenvalue weighted by Crippen LogP contribution is -2.47. The lowest BCUT2D eigenvalue weighted by Gasteiger charge is -2.32. The summed E-state index contributed by atoms with van der Waals surface area (Å²) in [5.74, 6) is 0.201. The van der Waals surface area contributed by atoms with Crippen molar-refractivity contribution in [2.45, 2.75) is 13.3 Å². The molecule has 1 saturated heterocycles. The van der Waals surface area contributed by atoms with Crippen molar-refractivity contribution in [1.82, 2.24) is 19.8 Å². The van der Waals surface area contributed by atoms with Crippen molar-refractivity contribution >= 4 is 17.2 Å². The van der Waals surface area contributed by atoms with Gasteiger partial charge in [0.1, 0.15) is 5.01 Å². The number of piperazine rings is 1. The number of carbonyl (C=O) groups is 1. The van der Waals surface area contributed by atoms with Gasteiger partial charge in [0.05, 0.1) is 17.8 Å². The smallest absolute Gasteiger partial charge is 0.227 e. The summed E-state index contributed by atoms with van der Waals surface area (Å²) in [5, 5.41) is 0.888. The summed E-state index contributed by atoms with van der Waals surface area (Å²) < 4.78 is 0. The van der Waals surface area contributed by atoms with Crippen LogP contribution in [0.5, 0.6) is 0 Å². The van der Waals surface area contributed by atoms with Crippen molar-refractivity contribution in [1.29, 1.82) is 0 Å². The van der Waals surface area contributed by atoms with Crippen LogP contribution in [0.1, 0.15) is 10.6 Å². The van der Waals surface area contributed by atoms with Gasteiger partial charge in [0.15, 0.2) is 0 Å². The predicted molar refractivity (Wildman–Crippen MR) is 87.9 cm³/mol. The van der Waals surface area contributed by atoms with Crippen molar-refractivity contribution in [3.8, 4) is 10.7 Å². The number of hydrogen-bond acceptors (Lipinski definition) is 5. The topological polar surface area (TPSA) is 49.3 Å². The van der Waals surface area contributed by atoms with Crippen molar-refractivity contribution in [2.24, 2.45) is 0 Å². The van der Waals surface area contributed by atoms with Gasteiger partial charge in [0, 0.05) is 37.3 Å². The van der Waals surface area contributed by atoms with E-state index in [4.69, 9.17) is 0 Å². The van der Waals surface area contributed by atoms with Crippen LogP contribution < -0.4 is 0 Å². The van der Waals surface area contributed by atoms with Crippen LogP contribution in [0.3, 0.4) is 0 Å². The zero-order valence-corrected chi connectivity index (χ0v) is 13.8. The second-order valence-electron chi connectivity index (χ2n) is 5.60. The highest BCUT2D eigenvalue weighted by Gasteiger charge is 2.21. The third-order valence-corrected chi connectivity index (χ3v) is 5.12. The van der Waals surface area contributed by atoms with Crippen molar-refractivity contribution in [2.75, 3.05) is 33.2 Å². The number of thiazole rings is 1. The molecule has 3 heterocycles. The van der Waals surface area contributed by atoms with Gasteiger partial charge < -0.3 is 9.80 Å². The number of pyridine rings is 1. The highest BCUT2D eigenvalue weighted by Crippen LogP contribution is 2.27. The minimum Gasteiger partial charge on any atom is -0.340 e. The fraction of sp³-hybridized carbons (Fsp3) is 0.438. The molecule has 3 rings (SSSR count). The predicted octanol–water partition coefficient (Wildman–Crippen LogP) is 1.83. The third kappa shape index (κ3) is 3.34. The van der Waals surface area contributed by atoms with Crippen LogP contribution in [0.15, 0.2) is 24.4 Å². The second-order valence-corrected chi connectivity index (χ2v) is 6.69. The maximum absolute atomic E-state index is 12.4. The fourth-order valence-corrected chi connectivity index (χ4v) is 3.53. The SMILES string of the molecule is Cc1nc(-c2ccccn2)sc1CC(=O)N1CCN(C)CC1. The Bertz CT molecular complexity index is 647. The molecule has 0 N–H and O–H groups in total. The molecular formula is C16H20N4OS. The van der Waals surface area contributed by atoms with Crippen LogP contribution in [0.25, 0.3) is 10.7 Å². The zero-order valence-electron chi connectivity index (χ0n) is 13.0. The third-order valence-electron chi connectivity index (χ3n) is 3.94. The Labute approximate surface area is 134 Å². The minimum atomic E-state index is 0.201. The number of hydrogen-bond donors (Lipinski definition) is 0. The van der Waals surface area contributed by atoms with Crippen LogP contribution in [0, 0.1) is 6.92 Å². The van der Waals surface area contributed by atoms with Crippen molar-refractivity contribution in [3.63, 3.8) is 0 Å². The first kappa shape index (κ1) is 15.1. The van der Waals surface area contributed by atoms with E-state index in [0.717, 1.165) is 47.5 Å². The van der Waals surface area contributed by atoms with Crippen LogP contribution in [0.4, 0.5) is 0 Å². The molecule has 0 bridgehead atoms. The highest BCUT2D eigenvalue weighted by atomic mass is 32.1. The first-order valence-corrected chi connectivity index (χ1v) is 8.29. The van der Waals surface area contributed by atoms with Gasteiger partial charge in [-0.1, -0.05) is 6.07 Å². The summed E-state index contributed by atoms with van der Waals surface area (Å²) in [6, 6.07) is 5.79. The van der Waals surface area contributed by atoms with Crippen molar-refractivity contribution < 1.29 is 4.79 Å². The van der Waals surface area contributed by atoms with E-state index in [-0.39, 0.29) is 5.91 Å². The van der Waals surface area contributed by atoms with E-state index in [1.54, 1.807) is 17.5 Å². The Hall–Kier alpha value is -1.79. The summed E-state index contributed by atoms with van der Waals surface area (Å²) in [6.45, 7) is 5.51. The Morgan fingerprint density at radius 2 is 2.05 bits per heavy atom. The van der Waals surface area contributed by atoms with Crippen LogP contribution in [0.2, 0.25) is 0 Å². The molecule has 1 fully saturated rings. The Kier molecular flexibility index (Phi) is 4.49. The normalized spacial score (nSPS) is 16.0. The standard InChI is InChI=1S/C16H20N4OS/c1-12-14(11-15(21)20-9-7-19(2)8-10-20)22-16(18-12)13-5-3-4-6-17-13/h3-6H,7-11H2,1-2H3. The van der Waals surface area contributed by atoms with E-state index >= 15 is 0 Å². The molecule has 0 spiro atoms. The summed E-state index contributed by atoms with van der Waals surface area (Å²) in [6.07, 6.45) is 2.21. The van der Waals surface area contributed by atoms with Crippen molar-refractivity contribution in [3.05, 3.63) is 35.0 Å². The molecule has 6 heteroatoms. The molecule has 0 saturated carbocycles. The highest BCUT2D eigenvalue weighted by molar-refractivity contribution is 7.15. The van der Waals surface area contributed by atoms with Gasteiger partial charge in [-0.25, -0.2) is 4.98 Å². The number of amides is 1. The minimum absolute atomic E-state index is 0.201. The number of rotatable bonds is 3. The molecule has 2 aromatic heterocycles. The fourth-order valence-electron chi connectivity index (χ4n) is 2.50. The molecule has 0 unspecified atom stereocenters. The van der Waals surface area contributed by atoms with E-state index in [0.29, 0.717) is 6.42 Å². The number of aryl methyl sites for hydroxylation is 1. The van der Waals surface area contributed by atoms with Gasteiger partial charge in [-0.3, -0.25) is 9.78 Å². The van der Waals surface area contributed by atoms with E-state index in [9.17, 15) is 4.79 Å². The molecule has 0 radical (unpaired) electrons. The molecule has 0 aromatic carbocycles. The molecular weight excluding hydrogens is 296 g/mol. The monoisotopic (exact) mass is 316 g/mol. The molecule has 2 aromatic rings. The first-order valence-electron chi connectivity index (χ1n) is 7.47. The number of nitrogens with zero attached hydrogens (tertiary/aromatic N) is 4. The summed E-state index contributed by atoms with van der Waals surface area (Å²) in [4.78, 5) is 26.6. The lowest BCUT2D eigenvalue weighted by atomic mass is 10.2. The first-order chi connectivity index (χ1) is 10.6. The zero-order chi connectivity index (χ0) is 15.5. The van der Waals surface area contributed by atoms with Crippen LogP contribution in [-0.4, -0.2) is 58.9 Å². The van der Waals surface area contributed by atoms with E-state index in [2.05, 4.69) is 21.9 Å². The second kappa shape index (κ2) is 6.54. The van der Waals surface area contributed by atoms with Gasteiger partial charge in [0.25, 0.3) is 0 Å². The van der Waals surface area contributed by atoms with E-state index in [1.165, 1.54) is 0 Å². The number of likely N-dealkylation sites (N-methyl/N-ethyl adjacent to an activating group) is 1. The summed E-state index contributed by atoms with van der Waals surface area (Å²) in [5.41, 5.74) is 1.81. The average molecular weight is 316 g/mol.